The number of carbonyl (C=O) groups excluding carboxylic acids is 3. The Bertz CT molecular complexity index is 1110. The largest absolute Gasteiger partial charge is 0.416 e. The van der Waals surface area contributed by atoms with E-state index in [1.165, 1.54) is 34.1 Å². The molecule has 2 atom stereocenters. The molecule has 3 heterocycles. The Morgan fingerprint density at radius 2 is 1.84 bits per heavy atom. The van der Waals surface area contributed by atoms with E-state index >= 15 is 0 Å². The van der Waals surface area contributed by atoms with Crippen molar-refractivity contribution in [2.45, 2.75) is 57.8 Å². The first kappa shape index (κ1) is 26.8. The SMILES string of the molecule is C=CCN1C(=O)NC(c2ccccc2C(F)(F)F)C2=C1CN(C(CC(C)C)C(=O)N1CCCCC1)C2=O. The molecule has 1 N–H and O–H groups in total. The third-order valence-electron chi connectivity index (χ3n) is 7.16. The van der Waals surface area contributed by atoms with Gasteiger partial charge in [0.15, 0.2) is 0 Å². The highest BCUT2D eigenvalue weighted by molar-refractivity contribution is 6.03. The lowest BCUT2D eigenvalue weighted by Crippen LogP contribution is -2.51. The van der Waals surface area contributed by atoms with E-state index in [1.54, 1.807) is 4.90 Å². The molecule has 1 aromatic carbocycles. The molecule has 0 spiro atoms. The molecule has 1 fully saturated rings. The lowest BCUT2D eigenvalue weighted by atomic mass is 9.91. The fraction of sp³-hybridized carbons (Fsp3) is 0.519. The van der Waals surface area contributed by atoms with Crippen LogP contribution in [0.15, 0.2) is 48.2 Å². The molecular weight excluding hydrogens is 485 g/mol. The van der Waals surface area contributed by atoms with Crippen LogP contribution in [0.25, 0.3) is 0 Å². The summed E-state index contributed by atoms with van der Waals surface area (Å²) in [5.41, 5.74) is -0.736. The maximum atomic E-state index is 14.0. The van der Waals surface area contributed by atoms with E-state index in [4.69, 9.17) is 0 Å². The first-order valence-corrected chi connectivity index (χ1v) is 12.7. The number of hydrogen-bond donors (Lipinski definition) is 1. The Morgan fingerprint density at radius 1 is 1.16 bits per heavy atom. The number of halogens is 3. The van der Waals surface area contributed by atoms with Crippen LogP contribution >= 0.6 is 0 Å². The minimum absolute atomic E-state index is 0.0307. The van der Waals surface area contributed by atoms with Gasteiger partial charge in [-0.3, -0.25) is 14.5 Å². The molecular formula is C27H33F3N4O3. The van der Waals surface area contributed by atoms with Crippen molar-refractivity contribution in [3.8, 4) is 0 Å². The summed E-state index contributed by atoms with van der Waals surface area (Å²) in [5, 5.41) is 2.61. The van der Waals surface area contributed by atoms with Gasteiger partial charge in [0.05, 0.1) is 29.4 Å². The second-order valence-electron chi connectivity index (χ2n) is 10.2. The number of benzene rings is 1. The molecule has 0 saturated carbocycles. The van der Waals surface area contributed by atoms with Crippen molar-refractivity contribution in [2.75, 3.05) is 26.2 Å². The molecule has 10 heteroatoms. The number of nitrogens with zero attached hydrogens (tertiary/aromatic N) is 3. The highest BCUT2D eigenvalue weighted by atomic mass is 19.4. The Morgan fingerprint density at radius 3 is 2.46 bits per heavy atom. The number of alkyl halides is 3. The highest BCUT2D eigenvalue weighted by Gasteiger charge is 2.49. The minimum Gasteiger partial charge on any atom is -0.341 e. The third-order valence-corrected chi connectivity index (χ3v) is 7.16. The number of nitrogens with one attached hydrogen (secondary N) is 1. The number of amides is 4. The van der Waals surface area contributed by atoms with Gasteiger partial charge in [-0.25, -0.2) is 4.79 Å². The molecule has 0 aliphatic carbocycles. The molecule has 3 aliphatic rings. The summed E-state index contributed by atoms with van der Waals surface area (Å²) in [5.74, 6) is -0.583. The summed E-state index contributed by atoms with van der Waals surface area (Å²) in [6.07, 6.45) is 0.0587. The first-order chi connectivity index (χ1) is 17.5. The van der Waals surface area contributed by atoms with Crippen molar-refractivity contribution in [1.82, 2.24) is 20.0 Å². The van der Waals surface area contributed by atoms with Gasteiger partial charge in [0, 0.05) is 19.6 Å². The fourth-order valence-electron chi connectivity index (χ4n) is 5.46. The Labute approximate surface area is 215 Å². The Hall–Kier alpha value is -3.30. The van der Waals surface area contributed by atoms with Crippen LogP contribution in [0.2, 0.25) is 0 Å². The van der Waals surface area contributed by atoms with Gasteiger partial charge in [-0.1, -0.05) is 38.1 Å². The molecule has 37 heavy (non-hydrogen) atoms. The van der Waals surface area contributed by atoms with E-state index < -0.39 is 35.8 Å². The zero-order chi connectivity index (χ0) is 26.9. The number of urea groups is 1. The standard InChI is InChI=1S/C27H33F3N4O3/c1-4-12-33-21-16-34(20(15-17(2)3)24(35)32-13-8-5-9-14-32)25(36)22(21)23(31-26(33)37)18-10-6-7-11-19(18)27(28,29)30/h4,6-7,10-11,17,20,23H,1,5,8-9,12-16H2,2-3H3,(H,31,37). The van der Waals surface area contributed by atoms with Gasteiger partial charge < -0.3 is 15.1 Å². The summed E-state index contributed by atoms with van der Waals surface area (Å²) in [6.45, 7) is 8.88. The predicted molar refractivity (Wildman–Crippen MR) is 132 cm³/mol. The third kappa shape index (κ3) is 5.24. The molecule has 4 rings (SSSR count). The quantitative estimate of drug-likeness (QED) is 0.541. The molecule has 1 aromatic rings. The predicted octanol–water partition coefficient (Wildman–Crippen LogP) is 4.48. The van der Waals surface area contributed by atoms with Gasteiger partial charge in [-0.15, -0.1) is 6.58 Å². The summed E-state index contributed by atoms with van der Waals surface area (Å²) in [4.78, 5) is 45.2. The molecule has 0 aromatic heterocycles. The topological polar surface area (TPSA) is 73.0 Å². The van der Waals surface area contributed by atoms with Crippen LogP contribution in [0.3, 0.4) is 0 Å². The van der Waals surface area contributed by atoms with Crippen LogP contribution in [0, 0.1) is 5.92 Å². The second kappa shape index (κ2) is 10.6. The van der Waals surface area contributed by atoms with Crippen LogP contribution in [-0.2, 0) is 15.8 Å². The molecule has 2 unspecified atom stereocenters. The van der Waals surface area contributed by atoms with Gasteiger partial charge in [0.1, 0.15) is 6.04 Å². The number of carbonyl (C=O) groups is 3. The number of rotatable bonds is 7. The lowest BCUT2D eigenvalue weighted by Gasteiger charge is -2.35. The van der Waals surface area contributed by atoms with E-state index in [0.29, 0.717) is 25.2 Å². The molecule has 7 nitrogen and oxygen atoms in total. The summed E-state index contributed by atoms with van der Waals surface area (Å²) in [7, 11) is 0. The molecule has 200 valence electrons. The Balaban J connectivity index is 1.77. The van der Waals surface area contributed by atoms with Gasteiger partial charge in [-0.2, -0.15) is 13.2 Å². The van der Waals surface area contributed by atoms with Crippen LogP contribution < -0.4 is 5.32 Å². The minimum atomic E-state index is -4.67. The maximum Gasteiger partial charge on any atom is 0.416 e. The zero-order valence-corrected chi connectivity index (χ0v) is 21.2. The van der Waals surface area contributed by atoms with Crippen LogP contribution in [0.1, 0.15) is 56.7 Å². The summed E-state index contributed by atoms with van der Waals surface area (Å²) >= 11 is 0. The summed E-state index contributed by atoms with van der Waals surface area (Å²) < 4.78 is 41.7. The molecule has 0 radical (unpaired) electrons. The molecule has 4 amide bonds. The number of hydrogen-bond acceptors (Lipinski definition) is 3. The van der Waals surface area contributed by atoms with Crippen LogP contribution in [0.4, 0.5) is 18.0 Å². The average Bonchev–Trinajstić information content (AvgIpc) is 3.20. The number of likely N-dealkylation sites (tertiary alicyclic amines) is 1. The maximum absolute atomic E-state index is 14.0. The van der Waals surface area contributed by atoms with E-state index in [0.717, 1.165) is 25.3 Å². The van der Waals surface area contributed by atoms with E-state index in [1.807, 2.05) is 13.8 Å². The highest BCUT2D eigenvalue weighted by Crippen LogP contribution is 2.42. The van der Waals surface area contributed by atoms with E-state index in [2.05, 4.69) is 11.9 Å². The number of piperidine rings is 1. The van der Waals surface area contributed by atoms with Gasteiger partial charge in [0.25, 0.3) is 5.91 Å². The average molecular weight is 519 g/mol. The second-order valence-corrected chi connectivity index (χ2v) is 10.2. The fourth-order valence-corrected chi connectivity index (χ4v) is 5.46. The molecule has 0 bridgehead atoms. The van der Waals surface area contributed by atoms with Crippen molar-refractivity contribution in [2.24, 2.45) is 5.92 Å². The van der Waals surface area contributed by atoms with Gasteiger partial charge in [-0.05, 0) is 43.2 Å². The Kier molecular flexibility index (Phi) is 7.66. The van der Waals surface area contributed by atoms with Gasteiger partial charge in [0.2, 0.25) is 5.91 Å². The van der Waals surface area contributed by atoms with Crippen molar-refractivity contribution < 1.29 is 27.6 Å². The summed E-state index contributed by atoms with van der Waals surface area (Å²) in [6, 6.07) is 2.27. The van der Waals surface area contributed by atoms with E-state index in [-0.39, 0.29) is 36.1 Å². The monoisotopic (exact) mass is 518 g/mol. The van der Waals surface area contributed by atoms with E-state index in [9.17, 15) is 27.6 Å². The molecule has 3 aliphatic heterocycles. The molecule has 1 saturated heterocycles. The van der Waals surface area contributed by atoms with Crippen LogP contribution in [-0.4, -0.2) is 64.8 Å². The lowest BCUT2D eigenvalue weighted by molar-refractivity contribution is -0.144. The zero-order valence-electron chi connectivity index (χ0n) is 21.2. The van der Waals surface area contributed by atoms with Crippen molar-refractivity contribution in [1.29, 1.82) is 0 Å². The smallest absolute Gasteiger partial charge is 0.341 e. The van der Waals surface area contributed by atoms with Gasteiger partial charge >= 0.3 is 12.2 Å². The first-order valence-electron chi connectivity index (χ1n) is 12.7. The van der Waals surface area contributed by atoms with Crippen molar-refractivity contribution >= 4 is 17.8 Å². The van der Waals surface area contributed by atoms with Crippen molar-refractivity contribution in [3.05, 3.63) is 59.3 Å². The van der Waals surface area contributed by atoms with Crippen molar-refractivity contribution in [3.63, 3.8) is 0 Å². The normalized spacial score (nSPS) is 21.4. The van der Waals surface area contributed by atoms with Crippen LogP contribution in [0.5, 0.6) is 0 Å².